The van der Waals surface area contributed by atoms with Gasteiger partial charge in [0.1, 0.15) is 31.0 Å². The molecule has 7 N–H and O–H groups in total. The molecule has 0 aliphatic rings. The van der Waals surface area contributed by atoms with Crippen molar-refractivity contribution in [3.63, 3.8) is 0 Å². The lowest BCUT2D eigenvalue weighted by atomic mass is 10.1. The average molecular weight is 840 g/mol. The first kappa shape index (κ1) is 51.8. The summed E-state index contributed by atoms with van der Waals surface area (Å²) in [5.74, 6) is -5.10. The van der Waals surface area contributed by atoms with Gasteiger partial charge >= 0.3 is 17.9 Å². The SMILES string of the molecule is O=[C]COCCOCCNC(=O)COCCOCCNC(=O)CC[C@H](NC(=O)CC[C@H](NC(=O)CCCCCCCCCOc1ccc(C(=O)O)cc1)C(=O)O)C(=O)O. The van der Waals surface area contributed by atoms with Crippen molar-refractivity contribution in [1.29, 1.82) is 0 Å². The zero-order chi connectivity index (χ0) is 43.5. The van der Waals surface area contributed by atoms with Gasteiger partial charge in [-0.1, -0.05) is 32.1 Å². The summed E-state index contributed by atoms with van der Waals surface area (Å²) in [6.45, 7) is 1.81. The topological polar surface area (TPSA) is 292 Å². The van der Waals surface area contributed by atoms with Gasteiger partial charge in [-0.15, -0.1) is 0 Å². The van der Waals surface area contributed by atoms with Gasteiger partial charge < -0.3 is 60.3 Å². The fraction of sp³-hybridized carbons (Fsp3) is 0.641. The van der Waals surface area contributed by atoms with E-state index in [0.717, 1.165) is 38.5 Å². The number of benzene rings is 1. The number of hydrogen-bond acceptors (Lipinski definition) is 13. The maximum Gasteiger partial charge on any atom is 0.335 e. The van der Waals surface area contributed by atoms with E-state index in [0.29, 0.717) is 18.8 Å². The highest BCUT2D eigenvalue weighted by Gasteiger charge is 2.24. The Morgan fingerprint density at radius 2 is 1.03 bits per heavy atom. The van der Waals surface area contributed by atoms with E-state index in [1.807, 2.05) is 0 Å². The van der Waals surface area contributed by atoms with Crippen LogP contribution in [0.15, 0.2) is 24.3 Å². The van der Waals surface area contributed by atoms with Gasteiger partial charge in [0.15, 0.2) is 0 Å². The Morgan fingerprint density at radius 3 is 1.59 bits per heavy atom. The highest BCUT2D eigenvalue weighted by molar-refractivity contribution is 5.88. The van der Waals surface area contributed by atoms with Crippen LogP contribution in [0.4, 0.5) is 0 Å². The van der Waals surface area contributed by atoms with Crippen LogP contribution in [0.5, 0.6) is 5.75 Å². The molecule has 0 aliphatic carbocycles. The van der Waals surface area contributed by atoms with Crippen molar-refractivity contribution < 1.29 is 77.4 Å². The van der Waals surface area contributed by atoms with Crippen molar-refractivity contribution in [3.05, 3.63) is 29.8 Å². The fourth-order valence-electron chi connectivity index (χ4n) is 5.14. The summed E-state index contributed by atoms with van der Waals surface area (Å²) in [4.78, 5) is 93.0. The average Bonchev–Trinajstić information content (AvgIpc) is 3.20. The molecule has 0 aromatic heterocycles. The zero-order valence-corrected chi connectivity index (χ0v) is 33.4. The molecule has 0 bridgehead atoms. The number of amides is 4. The van der Waals surface area contributed by atoms with E-state index in [-0.39, 0.29) is 110 Å². The Balaban J connectivity index is 2.12. The molecule has 0 saturated heterocycles. The van der Waals surface area contributed by atoms with Crippen molar-refractivity contribution in [3.8, 4) is 5.75 Å². The second-order valence-electron chi connectivity index (χ2n) is 13.1. The molecule has 0 fully saturated rings. The Bertz CT molecular complexity index is 1410. The minimum absolute atomic E-state index is 0.119. The number of aromatic carboxylic acids is 1. The van der Waals surface area contributed by atoms with Crippen molar-refractivity contribution in [1.82, 2.24) is 21.3 Å². The van der Waals surface area contributed by atoms with Crippen LogP contribution in [-0.2, 0) is 52.5 Å². The minimum atomic E-state index is -1.39. The Hall–Kier alpha value is -5.18. The maximum atomic E-state index is 12.5. The van der Waals surface area contributed by atoms with Crippen LogP contribution in [0.25, 0.3) is 0 Å². The molecule has 0 unspecified atom stereocenters. The van der Waals surface area contributed by atoms with Crippen molar-refractivity contribution in [2.24, 2.45) is 0 Å². The van der Waals surface area contributed by atoms with Crippen molar-refractivity contribution in [2.75, 3.05) is 72.6 Å². The summed E-state index contributed by atoms with van der Waals surface area (Å²) in [5.41, 5.74) is 0.197. The molecule has 331 valence electrons. The number of hydrogen-bond donors (Lipinski definition) is 7. The quantitative estimate of drug-likeness (QED) is 0.0457. The van der Waals surface area contributed by atoms with Gasteiger partial charge in [-0.3, -0.25) is 24.0 Å². The summed E-state index contributed by atoms with van der Waals surface area (Å²) in [6.07, 6.45) is 6.63. The van der Waals surface area contributed by atoms with E-state index in [1.54, 1.807) is 18.4 Å². The molecule has 1 radical (unpaired) electrons. The molecule has 4 amide bonds. The van der Waals surface area contributed by atoms with E-state index in [9.17, 15) is 48.6 Å². The number of rotatable bonds is 38. The largest absolute Gasteiger partial charge is 0.494 e. The van der Waals surface area contributed by atoms with Crippen molar-refractivity contribution in [2.45, 2.75) is 89.1 Å². The number of carboxylic acid groups (broad SMARTS) is 3. The number of carboxylic acids is 3. The summed E-state index contributed by atoms with van der Waals surface area (Å²) in [5, 5.41) is 37.9. The molecule has 1 aromatic carbocycles. The predicted octanol–water partition coefficient (Wildman–Crippen LogP) is 0.992. The number of nitrogens with one attached hydrogen (secondary N) is 4. The van der Waals surface area contributed by atoms with Gasteiger partial charge in [0.05, 0.1) is 51.8 Å². The van der Waals surface area contributed by atoms with E-state index >= 15 is 0 Å². The monoisotopic (exact) mass is 839 g/mol. The third-order valence-electron chi connectivity index (χ3n) is 8.28. The Kier molecular flexibility index (Phi) is 29.7. The van der Waals surface area contributed by atoms with Crippen LogP contribution in [0.1, 0.15) is 87.4 Å². The lowest BCUT2D eigenvalue weighted by Gasteiger charge is -2.17. The van der Waals surface area contributed by atoms with E-state index < -0.39 is 47.7 Å². The second-order valence-corrected chi connectivity index (χ2v) is 13.1. The first-order valence-electron chi connectivity index (χ1n) is 19.6. The van der Waals surface area contributed by atoms with Crippen LogP contribution < -0.4 is 26.0 Å². The summed E-state index contributed by atoms with van der Waals surface area (Å²) >= 11 is 0. The van der Waals surface area contributed by atoms with Crippen LogP contribution in [0.2, 0.25) is 0 Å². The van der Waals surface area contributed by atoms with Gasteiger partial charge in [0, 0.05) is 32.4 Å². The second kappa shape index (κ2) is 33.8. The fourth-order valence-corrected chi connectivity index (χ4v) is 5.14. The van der Waals surface area contributed by atoms with Crippen LogP contribution in [-0.4, -0.2) is 148 Å². The normalized spacial score (nSPS) is 11.8. The molecular formula is C39H59N4O16. The van der Waals surface area contributed by atoms with Gasteiger partial charge in [-0.05, 0) is 49.9 Å². The number of ether oxygens (including phenoxy) is 5. The van der Waals surface area contributed by atoms with Crippen LogP contribution >= 0.6 is 0 Å². The van der Waals surface area contributed by atoms with Gasteiger partial charge in [0.2, 0.25) is 29.9 Å². The number of carbonyl (C=O) groups is 7. The predicted molar refractivity (Wildman–Crippen MR) is 208 cm³/mol. The molecular weight excluding hydrogens is 780 g/mol. The first-order chi connectivity index (χ1) is 28.4. The maximum absolute atomic E-state index is 12.5. The van der Waals surface area contributed by atoms with Gasteiger partial charge in [0.25, 0.3) is 0 Å². The molecule has 20 heteroatoms. The lowest BCUT2D eigenvalue weighted by Crippen LogP contribution is -2.44. The highest BCUT2D eigenvalue weighted by atomic mass is 16.5. The zero-order valence-electron chi connectivity index (χ0n) is 33.4. The molecule has 1 aromatic rings. The van der Waals surface area contributed by atoms with Gasteiger partial charge in [-0.2, -0.15) is 0 Å². The number of unbranched alkanes of at least 4 members (excludes halogenated alkanes) is 6. The Morgan fingerprint density at radius 1 is 0.542 bits per heavy atom. The molecule has 0 saturated carbocycles. The van der Waals surface area contributed by atoms with Crippen molar-refractivity contribution >= 4 is 47.8 Å². The number of carbonyl (C=O) groups excluding carboxylic acids is 5. The summed E-state index contributed by atoms with van der Waals surface area (Å²) in [7, 11) is 0. The van der Waals surface area contributed by atoms with Crippen LogP contribution in [0, 0.1) is 0 Å². The molecule has 20 nitrogen and oxygen atoms in total. The smallest absolute Gasteiger partial charge is 0.335 e. The molecule has 2 atom stereocenters. The third-order valence-corrected chi connectivity index (χ3v) is 8.28. The number of aliphatic carboxylic acids is 2. The van der Waals surface area contributed by atoms with E-state index in [4.69, 9.17) is 28.8 Å². The van der Waals surface area contributed by atoms with E-state index in [1.165, 1.54) is 12.1 Å². The lowest BCUT2D eigenvalue weighted by molar-refractivity contribution is -0.143. The Labute approximate surface area is 343 Å². The third kappa shape index (κ3) is 28.8. The standard InChI is InChI=1S/C39H59N4O16/c44-19-23-57-25-24-55-22-18-41-36(48)28-58-27-26-56-21-17-40-33(45)15-13-31(38(51)52)43-35(47)16-14-32(39(53)54)42-34(46)8-6-4-2-1-3-5-7-20-59-30-11-9-29(10-12-30)37(49)50/h9-12,31-32H,1-8,13-18,20-28H2,(H,40,45)(H,41,48)(H,42,46)(H,43,47)(H,49,50)(H,51,52)(H,53,54)/t31-,32-/m0/s1. The molecule has 0 aliphatic heterocycles. The molecule has 59 heavy (non-hydrogen) atoms. The molecule has 1 rings (SSSR count). The molecule has 0 spiro atoms. The molecule has 0 heterocycles. The minimum Gasteiger partial charge on any atom is -0.494 e. The van der Waals surface area contributed by atoms with E-state index in [2.05, 4.69) is 21.3 Å². The van der Waals surface area contributed by atoms with Gasteiger partial charge in [-0.25, -0.2) is 14.4 Å². The summed E-state index contributed by atoms with van der Waals surface area (Å²) in [6, 6.07) is 3.49. The summed E-state index contributed by atoms with van der Waals surface area (Å²) < 4.78 is 26.2. The van der Waals surface area contributed by atoms with Crippen LogP contribution in [0.3, 0.4) is 0 Å². The first-order valence-corrected chi connectivity index (χ1v) is 19.6. The highest BCUT2D eigenvalue weighted by Crippen LogP contribution is 2.14.